The van der Waals surface area contributed by atoms with Gasteiger partial charge in [0, 0.05) is 6.07 Å². The molecule has 1 N–H and O–H groups in total. The Labute approximate surface area is 85.5 Å². The third kappa shape index (κ3) is 2.07. The third-order valence-electron chi connectivity index (χ3n) is 1.58. The first-order chi connectivity index (χ1) is 7.34. The number of carboxylic acids is 1. The molecule has 0 radical (unpaired) electrons. The normalized spacial score (nSPS) is 10.5. The zero-order valence-electron chi connectivity index (χ0n) is 7.35. The molecular formula is C7H3F3N2O4. The molecule has 0 amide bonds. The van der Waals surface area contributed by atoms with Crippen molar-refractivity contribution >= 4 is 11.8 Å². The van der Waals surface area contributed by atoms with Crippen molar-refractivity contribution in [3.63, 3.8) is 0 Å². The van der Waals surface area contributed by atoms with Gasteiger partial charge in [0.2, 0.25) is 5.69 Å². The number of aromatic nitrogens is 1. The summed E-state index contributed by atoms with van der Waals surface area (Å²) in [7, 11) is 0. The first-order valence-electron chi connectivity index (χ1n) is 3.71. The molecule has 0 saturated carbocycles. The van der Waals surface area contributed by atoms with Crippen LogP contribution in [0.1, 0.15) is 22.5 Å². The molecular weight excluding hydrogens is 233 g/mol. The standard InChI is InChI=1S/C7H3F3N2O4/c8-2-1-3(5(9)10)11-6(12(15)16)4(2)7(13)14/h1,5H,(H,13,14). The van der Waals surface area contributed by atoms with Crippen LogP contribution in [0.4, 0.5) is 19.0 Å². The molecule has 0 spiro atoms. The van der Waals surface area contributed by atoms with Crippen molar-refractivity contribution in [1.82, 2.24) is 4.98 Å². The maximum absolute atomic E-state index is 13.0. The Bertz CT molecular complexity index is 463. The van der Waals surface area contributed by atoms with E-state index in [1.807, 2.05) is 0 Å². The lowest BCUT2D eigenvalue weighted by Gasteiger charge is -2.01. The van der Waals surface area contributed by atoms with Crippen LogP contribution in [0.2, 0.25) is 0 Å². The molecule has 9 heteroatoms. The minimum absolute atomic E-state index is 0.154. The summed E-state index contributed by atoms with van der Waals surface area (Å²) in [5.74, 6) is -5.01. The minimum atomic E-state index is -3.23. The third-order valence-corrected chi connectivity index (χ3v) is 1.58. The predicted octanol–water partition coefficient (Wildman–Crippen LogP) is 1.76. The monoisotopic (exact) mass is 236 g/mol. The number of aromatic carboxylic acids is 1. The molecule has 0 atom stereocenters. The highest BCUT2D eigenvalue weighted by molar-refractivity contribution is 5.91. The van der Waals surface area contributed by atoms with Gasteiger partial charge in [0.25, 0.3) is 0 Å². The van der Waals surface area contributed by atoms with Crippen LogP contribution in [0.3, 0.4) is 0 Å². The molecule has 0 saturated heterocycles. The van der Waals surface area contributed by atoms with Crippen molar-refractivity contribution in [1.29, 1.82) is 0 Å². The van der Waals surface area contributed by atoms with Crippen molar-refractivity contribution in [2.75, 3.05) is 0 Å². The van der Waals surface area contributed by atoms with Gasteiger partial charge in [-0.3, -0.25) is 0 Å². The average molecular weight is 236 g/mol. The van der Waals surface area contributed by atoms with Gasteiger partial charge in [0.1, 0.15) is 0 Å². The van der Waals surface area contributed by atoms with Crippen LogP contribution in [0.15, 0.2) is 6.07 Å². The second kappa shape index (κ2) is 4.13. The maximum Gasteiger partial charge on any atom is 0.381 e. The topological polar surface area (TPSA) is 93.3 Å². The van der Waals surface area contributed by atoms with E-state index in [4.69, 9.17) is 5.11 Å². The molecule has 86 valence electrons. The van der Waals surface area contributed by atoms with E-state index in [-0.39, 0.29) is 6.07 Å². The highest BCUT2D eigenvalue weighted by atomic mass is 19.3. The quantitative estimate of drug-likeness (QED) is 0.637. The molecule has 16 heavy (non-hydrogen) atoms. The van der Waals surface area contributed by atoms with Crippen molar-refractivity contribution in [3.05, 3.63) is 33.3 Å². The number of rotatable bonds is 3. The molecule has 0 aliphatic rings. The van der Waals surface area contributed by atoms with Crippen molar-refractivity contribution in [2.24, 2.45) is 0 Å². The summed E-state index contributed by atoms with van der Waals surface area (Å²) >= 11 is 0. The molecule has 6 nitrogen and oxygen atoms in total. The van der Waals surface area contributed by atoms with Crippen LogP contribution in [-0.2, 0) is 0 Å². The Morgan fingerprint density at radius 1 is 1.56 bits per heavy atom. The number of hydrogen-bond donors (Lipinski definition) is 1. The van der Waals surface area contributed by atoms with E-state index in [2.05, 4.69) is 4.98 Å². The Hall–Kier alpha value is -2.19. The highest BCUT2D eigenvalue weighted by Gasteiger charge is 2.30. The summed E-state index contributed by atoms with van der Waals surface area (Å²) in [6, 6.07) is 0.154. The van der Waals surface area contributed by atoms with Crippen LogP contribution >= 0.6 is 0 Å². The van der Waals surface area contributed by atoms with E-state index in [0.717, 1.165) is 0 Å². The van der Waals surface area contributed by atoms with E-state index in [0.29, 0.717) is 0 Å². The van der Waals surface area contributed by atoms with E-state index in [1.165, 1.54) is 0 Å². The maximum atomic E-state index is 13.0. The van der Waals surface area contributed by atoms with Crippen LogP contribution in [0.5, 0.6) is 0 Å². The zero-order valence-corrected chi connectivity index (χ0v) is 7.35. The van der Waals surface area contributed by atoms with Crippen LogP contribution in [0.25, 0.3) is 0 Å². The van der Waals surface area contributed by atoms with Crippen molar-refractivity contribution in [3.8, 4) is 0 Å². The summed E-state index contributed by atoms with van der Waals surface area (Å²) in [4.78, 5) is 22.2. The van der Waals surface area contributed by atoms with Gasteiger partial charge >= 0.3 is 18.2 Å². The Balaban J connectivity index is 3.52. The molecule has 0 aromatic carbocycles. The number of nitrogens with zero attached hydrogens (tertiary/aromatic N) is 2. The Morgan fingerprint density at radius 3 is 2.50 bits per heavy atom. The number of carboxylic acid groups (broad SMARTS) is 1. The summed E-state index contributed by atoms with van der Waals surface area (Å²) in [5, 5.41) is 18.8. The van der Waals surface area contributed by atoms with Gasteiger partial charge in [0.15, 0.2) is 11.4 Å². The van der Waals surface area contributed by atoms with E-state index >= 15 is 0 Å². The molecule has 0 bridgehead atoms. The van der Waals surface area contributed by atoms with E-state index in [1.54, 1.807) is 0 Å². The van der Waals surface area contributed by atoms with Gasteiger partial charge in [-0.2, -0.15) is 0 Å². The SMILES string of the molecule is O=C(O)c1c(F)cc(C(F)F)nc1[N+](=O)[O-]. The minimum Gasteiger partial charge on any atom is -0.477 e. The summed E-state index contributed by atoms with van der Waals surface area (Å²) in [5.41, 5.74) is -2.52. The number of hydrogen-bond acceptors (Lipinski definition) is 4. The molecule has 0 fully saturated rings. The van der Waals surface area contributed by atoms with Crippen LogP contribution in [0, 0.1) is 15.9 Å². The average Bonchev–Trinajstić information content (AvgIpc) is 2.15. The van der Waals surface area contributed by atoms with Crippen molar-refractivity contribution in [2.45, 2.75) is 6.43 Å². The fraction of sp³-hybridized carbons (Fsp3) is 0.143. The first kappa shape index (κ1) is 11.9. The Kier molecular flexibility index (Phi) is 3.06. The summed E-state index contributed by atoms with van der Waals surface area (Å²) in [6.45, 7) is 0. The lowest BCUT2D eigenvalue weighted by atomic mass is 10.2. The molecule has 0 aliphatic carbocycles. The molecule has 1 aromatic rings. The Morgan fingerprint density at radius 2 is 2.12 bits per heavy atom. The van der Waals surface area contributed by atoms with Gasteiger partial charge in [-0.25, -0.2) is 18.0 Å². The van der Waals surface area contributed by atoms with E-state index in [9.17, 15) is 28.1 Å². The second-order valence-corrected chi connectivity index (χ2v) is 2.59. The lowest BCUT2D eigenvalue weighted by molar-refractivity contribution is -0.390. The fourth-order valence-electron chi connectivity index (χ4n) is 0.961. The van der Waals surface area contributed by atoms with Gasteiger partial charge in [-0.15, -0.1) is 0 Å². The molecule has 0 unspecified atom stereocenters. The molecule has 0 aliphatic heterocycles. The highest BCUT2D eigenvalue weighted by Crippen LogP contribution is 2.25. The van der Waals surface area contributed by atoms with Crippen molar-refractivity contribution < 1.29 is 28.0 Å². The van der Waals surface area contributed by atoms with Gasteiger partial charge in [-0.1, -0.05) is 0 Å². The molecule has 1 heterocycles. The smallest absolute Gasteiger partial charge is 0.381 e. The lowest BCUT2D eigenvalue weighted by Crippen LogP contribution is -2.10. The summed E-state index contributed by atoms with van der Waals surface area (Å²) in [6.07, 6.45) is -3.23. The van der Waals surface area contributed by atoms with Gasteiger partial charge < -0.3 is 15.2 Å². The fourth-order valence-corrected chi connectivity index (χ4v) is 0.961. The van der Waals surface area contributed by atoms with Gasteiger partial charge in [-0.05, 0) is 9.91 Å². The first-order valence-corrected chi connectivity index (χ1v) is 3.71. The number of pyridine rings is 1. The second-order valence-electron chi connectivity index (χ2n) is 2.59. The van der Waals surface area contributed by atoms with Crippen LogP contribution in [-0.4, -0.2) is 21.0 Å². The number of halogens is 3. The summed E-state index contributed by atoms with van der Waals surface area (Å²) < 4.78 is 37.3. The zero-order chi connectivity index (χ0) is 12.5. The van der Waals surface area contributed by atoms with E-state index < -0.39 is 40.2 Å². The number of carbonyl (C=O) groups is 1. The molecule has 1 aromatic heterocycles. The van der Waals surface area contributed by atoms with Gasteiger partial charge in [0.05, 0.1) is 0 Å². The van der Waals surface area contributed by atoms with Crippen LogP contribution < -0.4 is 0 Å². The predicted molar refractivity (Wildman–Crippen MR) is 42.8 cm³/mol. The molecule has 1 rings (SSSR count). The number of nitro groups is 1. The number of alkyl halides is 2. The largest absolute Gasteiger partial charge is 0.477 e.